The van der Waals surface area contributed by atoms with Crippen molar-refractivity contribution in [2.45, 2.75) is 36.8 Å². The van der Waals surface area contributed by atoms with Gasteiger partial charge in [-0.15, -0.1) is 0 Å². The number of carbonyl (C=O) groups is 3. The average Bonchev–Trinajstić information content (AvgIpc) is 3.63. The summed E-state index contributed by atoms with van der Waals surface area (Å²) in [5.74, 6) is -1.19. The average molecular weight is 528 g/mol. The summed E-state index contributed by atoms with van der Waals surface area (Å²) in [6, 6.07) is 19.5. The van der Waals surface area contributed by atoms with Crippen molar-refractivity contribution in [2.75, 3.05) is 23.8 Å². The molecule has 7 nitrogen and oxygen atoms in total. The van der Waals surface area contributed by atoms with Crippen molar-refractivity contribution in [3.05, 3.63) is 88.4 Å². The number of amides is 2. The number of para-hydroxylation sites is 2. The number of anilines is 2. The lowest BCUT2D eigenvalue weighted by Crippen LogP contribution is -2.62. The smallest absolute Gasteiger partial charge is 0.251 e. The van der Waals surface area contributed by atoms with Gasteiger partial charge in [0.15, 0.2) is 5.78 Å². The maximum absolute atomic E-state index is 14.8. The van der Waals surface area contributed by atoms with Crippen molar-refractivity contribution in [1.29, 1.82) is 0 Å². The molecule has 0 aromatic heterocycles. The number of hydrogen-bond donors (Lipinski definition) is 2. The molecule has 192 valence electrons. The molecule has 4 aliphatic rings. The molecule has 8 heteroatoms. The number of nitrogens with zero attached hydrogens (tertiary/aromatic N) is 1. The van der Waals surface area contributed by atoms with Crippen molar-refractivity contribution in [3.8, 4) is 5.75 Å². The predicted octanol–water partition coefficient (Wildman–Crippen LogP) is 4.75. The highest BCUT2D eigenvalue weighted by atomic mass is 35.5. The first-order valence-electron chi connectivity index (χ1n) is 13.0. The Kier molecular flexibility index (Phi) is 5.03. The summed E-state index contributed by atoms with van der Waals surface area (Å²) in [4.78, 5) is 45.8. The number of ether oxygens (including phenoxy) is 1. The van der Waals surface area contributed by atoms with Gasteiger partial charge in [-0.05, 0) is 68.3 Å². The Morgan fingerprint density at radius 2 is 1.74 bits per heavy atom. The highest BCUT2D eigenvalue weighted by molar-refractivity contribution is 6.31. The zero-order valence-electron chi connectivity index (χ0n) is 20.8. The molecule has 0 aliphatic carbocycles. The first-order valence-corrected chi connectivity index (χ1v) is 13.4. The number of nitrogens with one attached hydrogen (secondary N) is 2. The minimum atomic E-state index is -1.51. The van der Waals surface area contributed by atoms with Crippen LogP contribution in [0.15, 0.2) is 66.7 Å². The van der Waals surface area contributed by atoms with E-state index in [1.165, 1.54) is 0 Å². The van der Waals surface area contributed by atoms with Crippen LogP contribution in [0.1, 0.15) is 41.3 Å². The number of halogens is 1. The monoisotopic (exact) mass is 527 g/mol. The van der Waals surface area contributed by atoms with Gasteiger partial charge in [-0.2, -0.15) is 0 Å². The van der Waals surface area contributed by atoms with Crippen molar-refractivity contribution in [3.63, 3.8) is 0 Å². The number of ketones is 1. The second-order valence-electron chi connectivity index (χ2n) is 10.3. The third-order valence-corrected chi connectivity index (χ3v) is 9.03. The lowest BCUT2D eigenvalue weighted by Gasteiger charge is -2.43. The molecule has 7 rings (SSSR count). The van der Waals surface area contributed by atoms with Crippen LogP contribution in [-0.2, 0) is 20.5 Å². The zero-order chi connectivity index (χ0) is 26.2. The Hall–Kier alpha value is -3.68. The fourth-order valence-electron chi connectivity index (χ4n) is 7.67. The lowest BCUT2D eigenvalue weighted by molar-refractivity contribution is -0.137. The minimum absolute atomic E-state index is 0.196. The van der Waals surface area contributed by atoms with Crippen LogP contribution in [0.5, 0.6) is 5.75 Å². The van der Waals surface area contributed by atoms with Crippen molar-refractivity contribution in [2.24, 2.45) is 5.92 Å². The van der Waals surface area contributed by atoms with Crippen LogP contribution < -0.4 is 15.4 Å². The van der Waals surface area contributed by atoms with Gasteiger partial charge < -0.3 is 15.4 Å². The SMILES string of the molecule is CCOc1ccccc1C(=O)[C@@H]1[C@H]2CCCN2[C@]2(C(=O)Nc3ccc(Cl)cc32)[C@]12C(=O)Nc1ccccc12. The Morgan fingerprint density at radius 3 is 2.58 bits per heavy atom. The molecular weight excluding hydrogens is 502 g/mol. The number of fused-ring (bicyclic) bond motifs is 7. The summed E-state index contributed by atoms with van der Waals surface area (Å²) < 4.78 is 5.85. The molecule has 0 saturated carbocycles. The molecule has 4 heterocycles. The van der Waals surface area contributed by atoms with Crippen LogP contribution >= 0.6 is 11.6 Å². The quantitative estimate of drug-likeness (QED) is 0.478. The molecule has 4 atom stereocenters. The fourth-order valence-corrected chi connectivity index (χ4v) is 7.84. The highest BCUT2D eigenvalue weighted by Crippen LogP contribution is 2.68. The number of Topliss-reactive ketones (excluding diaryl/α,β-unsaturated/α-hetero) is 1. The van der Waals surface area contributed by atoms with E-state index in [0.29, 0.717) is 58.4 Å². The molecule has 2 amide bonds. The van der Waals surface area contributed by atoms with Crippen molar-refractivity contribution in [1.82, 2.24) is 4.90 Å². The van der Waals surface area contributed by atoms with Gasteiger partial charge in [0.05, 0.1) is 18.1 Å². The Bertz CT molecular complexity index is 1540. The van der Waals surface area contributed by atoms with Gasteiger partial charge in [0.2, 0.25) is 5.91 Å². The van der Waals surface area contributed by atoms with Gasteiger partial charge in [-0.3, -0.25) is 19.3 Å². The van der Waals surface area contributed by atoms with Crippen LogP contribution in [0.3, 0.4) is 0 Å². The standard InChI is InChI=1S/C30H26ClN3O4/c1-2-38-24-12-6-3-8-18(24)26(35)25-23-11-7-15-34(23)30(20-16-17(31)13-14-22(20)33-28(30)37)29(25)19-9-4-5-10-21(19)32-27(29)36/h3-6,8-10,12-14,16,23,25H,2,7,11,15H2,1H3,(H,32,36)(H,33,37)/t23-,25+,29+,30-/m1/s1. The number of rotatable bonds is 4. The molecule has 0 unspecified atom stereocenters. The third-order valence-electron chi connectivity index (χ3n) is 8.79. The second kappa shape index (κ2) is 8.16. The van der Waals surface area contributed by atoms with E-state index in [9.17, 15) is 14.4 Å². The van der Waals surface area contributed by atoms with Gasteiger partial charge in [0.25, 0.3) is 5.91 Å². The van der Waals surface area contributed by atoms with Crippen LogP contribution in [0.2, 0.25) is 5.02 Å². The molecule has 2 spiro atoms. The molecule has 2 N–H and O–H groups in total. The number of benzene rings is 3. The van der Waals surface area contributed by atoms with E-state index >= 15 is 0 Å². The summed E-state index contributed by atoms with van der Waals surface area (Å²) >= 11 is 6.52. The normalized spacial score (nSPS) is 28.8. The van der Waals surface area contributed by atoms with E-state index in [4.69, 9.17) is 16.3 Å². The van der Waals surface area contributed by atoms with Crippen molar-refractivity contribution >= 4 is 40.6 Å². The summed E-state index contributed by atoms with van der Waals surface area (Å²) in [5, 5.41) is 6.57. The molecule has 2 fully saturated rings. The summed E-state index contributed by atoms with van der Waals surface area (Å²) in [5.41, 5.74) is 0.0137. The maximum atomic E-state index is 14.8. The predicted molar refractivity (Wildman–Crippen MR) is 144 cm³/mol. The zero-order valence-corrected chi connectivity index (χ0v) is 21.5. The molecule has 4 aliphatic heterocycles. The number of carbonyl (C=O) groups excluding carboxylic acids is 3. The van der Waals surface area contributed by atoms with Crippen molar-refractivity contribution < 1.29 is 19.1 Å². The molecule has 2 saturated heterocycles. The van der Waals surface area contributed by atoms with Gasteiger partial charge >= 0.3 is 0 Å². The van der Waals surface area contributed by atoms with E-state index in [1.54, 1.807) is 36.4 Å². The molecule has 0 bridgehead atoms. The van der Waals surface area contributed by atoms with E-state index < -0.39 is 16.9 Å². The largest absolute Gasteiger partial charge is 0.493 e. The van der Waals surface area contributed by atoms with E-state index in [2.05, 4.69) is 15.5 Å². The van der Waals surface area contributed by atoms with E-state index in [1.807, 2.05) is 37.3 Å². The van der Waals surface area contributed by atoms with E-state index in [-0.39, 0.29) is 23.6 Å². The molecule has 38 heavy (non-hydrogen) atoms. The van der Waals surface area contributed by atoms with Crippen LogP contribution in [0.4, 0.5) is 11.4 Å². The van der Waals surface area contributed by atoms with Gasteiger partial charge in [0.1, 0.15) is 16.7 Å². The number of hydrogen-bond acceptors (Lipinski definition) is 5. The Labute approximate surface area is 225 Å². The topological polar surface area (TPSA) is 87.7 Å². The summed E-state index contributed by atoms with van der Waals surface area (Å²) in [7, 11) is 0. The Balaban J connectivity index is 1.58. The first kappa shape index (κ1) is 23.4. The highest BCUT2D eigenvalue weighted by Gasteiger charge is 2.81. The summed E-state index contributed by atoms with van der Waals surface area (Å²) in [6.07, 6.45) is 1.50. The van der Waals surface area contributed by atoms with Gasteiger partial charge in [-0.25, -0.2) is 0 Å². The van der Waals surface area contributed by atoms with E-state index in [0.717, 1.165) is 6.42 Å². The second-order valence-corrected chi connectivity index (χ2v) is 10.8. The first-order chi connectivity index (χ1) is 18.5. The molecule has 3 aromatic carbocycles. The summed E-state index contributed by atoms with van der Waals surface area (Å²) in [6.45, 7) is 2.85. The lowest BCUT2D eigenvalue weighted by atomic mass is 9.57. The van der Waals surface area contributed by atoms with Crippen LogP contribution in [0.25, 0.3) is 0 Å². The minimum Gasteiger partial charge on any atom is -0.493 e. The molecular formula is C30H26ClN3O4. The Morgan fingerprint density at radius 1 is 1.00 bits per heavy atom. The van der Waals surface area contributed by atoms with Gasteiger partial charge in [0, 0.05) is 28.0 Å². The molecule has 0 radical (unpaired) electrons. The van der Waals surface area contributed by atoms with Crippen LogP contribution in [0, 0.1) is 5.92 Å². The fraction of sp³-hybridized carbons (Fsp3) is 0.300. The third kappa shape index (κ3) is 2.65. The van der Waals surface area contributed by atoms with Gasteiger partial charge in [-0.1, -0.05) is 41.9 Å². The maximum Gasteiger partial charge on any atom is 0.251 e. The molecule has 3 aromatic rings. The van der Waals surface area contributed by atoms with Crippen LogP contribution in [-0.4, -0.2) is 41.7 Å².